The Bertz CT molecular complexity index is 888. The number of carbonyl (C=O) groups is 2. The number of carboxylic acids is 1. The number of fused-ring (bicyclic) bond motifs is 2. The number of halogens is 1. The number of hydrogen-bond acceptors (Lipinski definition) is 4. The van der Waals surface area contributed by atoms with E-state index in [1.165, 1.54) is 0 Å². The van der Waals surface area contributed by atoms with Crippen LogP contribution in [0.3, 0.4) is 0 Å². The van der Waals surface area contributed by atoms with Crippen molar-refractivity contribution >= 4 is 28.0 Å². The van der Waals surface area contributed by atoms with Crippen LogP contribution in [0, 0.1) is 0 Å². The first-order valence-electron chi connectivity index (χ1n) is 10.1. The molecule has 4 rings (SSSR count). The van der Waals surface area contributed by atoms with Gasteiger partial charge in [-0.1, -0.05) is 58.4 Å². The molecule has 2 aromatic rings. The van der Waals surface area contributed by atoms with Crippen molar-refractivity contribution in [3.63, 3.8) is 0 Å². The fraction of sp³-hybridized carbons (Fsp3) is 0.391. The van der Waals surface area contributed by atoms with Crippen molar-refractivity contribution in [2.45, 2.75) is 50.0 Å². The lowest BCUT2D eigenvalue weighted by Crippen LogP contribution is -2.53. The van der Waals surface area contributed by atoms with E-state index in [-0.39, 0.29) is 31.4 Å². The van der Waals surface area contributed by atoms with Crippen LogP contribution >= 0.6 is 15.9 Å². The van der Waals surface area contributed by atoms with Crippen molar-refractivity contribution in [3.05, 3.63) is 70.2 Å². The van der Waals surface area contributed by atoms with Gasteiger partial charge in [-0.3, -0.25) is 0 Å². The lowest BCUT2D eigenvalue weighted by Gasteiger charge is -2.46. The highest BCUT2D eigenvalue weighted by Crippen LogP contribution is 2.48. The van der Waals surface area contributed by atoms with Crippen LogP contribution in [0.4, 0.5) is 4.79 Å². The molecule has 0 aliphatic carbocycles. The Kier molecular flexibility index (Phi) is 6.11. The summed E-state index contributed by atoms with van der Waals surface area (Å²) < 4.78 is 12.5. The number of amides is 1. The summed E-state index contributed by atoms with van der Waals surface area (Å²) in [6.45, 7) is -0.128. The van der Waals surface area contributed by atoms with Crippen LogP contribution in [0.2, 0.25) is 0 Å². The van der Waals surface area contributed by atoms with E-state index in [1.54, 1.807) is 0 Å². The van der Waals surface area contributed by atoms with Gasteiger partial charge in [0.1, 0.15) is 13.2 Å². The standard InChI is InChI=1S/C23H24BrNO5/c24-18-8-6-17(7-9-18)23(30-15-21(26)27)12-19-10-11-20(13-23)25(19)22(28)29-14-16-4-2-1-3-5-16/h1-9,19-20H,10-15H2,(H,26,27). The topological polar surface area (TPSA) is 76.1 Å². The Morgan fingerprint density at radius 2 is 1.67 bits per heavy atom. The third kappa shape index (κ3) is 4.37. The van der Waals surface area contributed by atoms with E-state index in [1.807, 2.05) is 59.5 Å². The minimum Gasteiger partial charge on any atom is -0.480 e. The molecule has 2 aliphatic heterocycles. The van der Waals surface area contributed by atoms with Crippen molar-refractivity contribution < 1.29 is 24.2 Å². The number of nitrogens with zero attached hydrogens (tertiary/aromatic N) is 1. The van der Waals surface area contributed by atoms with Crippen LogP contribution in [-0.4, -0.2) is 40.8 Å². The Morgan fingerprint density at radius 3 is 2.27 bits per heavy atom. The monoisotopic (exact) mass is 473 g/mol. The quantitative estimate of drug-likeness (QED) is 0.657. The molecule has 2 atom stereocenters. The Balaban J connectivity index is 1.51. The highest BCUT2D eigenvalue weighted by molar-refractivity contribution is 9.10. The first-order chi connectivity index (χ1) is 14.5. The molecule has 2 heterocycles. The summed E-state index contributed by atoms with van der Waals surface area (Å²) >= 11 is 3.45. The first-order valence-corrected chi connectivity index (χ1v) is 10.9. The maximum atomic E-state index is 12.9. The molecule has 2 bridgehead atoms. The average molecular weight is 474 g/mol. The van der Waals surface area contributed by atoms with Crippen molar-refractivity contribution in [3.8, 4) is 0 Å². The van der Waals surface area contributed by atoms with Gasteiger partial charge in [-0.25, -0.2) is 9.59 Å². The van der Waals surface area contributed by atoms with E-state index in [0.29, 0.717) is 12.8 Å². The molecule has 0 saturated carbocycles. The van der Waals surface area contributed by atoms with Gasteiger partial charge < -0.3 is 19.5 Å². The largest absolute Gasteiger partial charge is 0.480 e. The number of ether oxygens (including phenoxy) is 2. The zero-order valence-electron chi connectivity index (χ0n) is 16.5. The molecular formula is C23H24BrNO5. The van der Waals surface area contributed by atoms with E-state index in [2.05, 4.69) is 15.9 Å². The molecule has 6 nitrogen and oxygen atoms in total. The SMILES string of the molecule is O=C(O)COC1(c2ccc(Br)cc2)CC2CCC(C1)N2C(=O)OCc1ccccc1. The minimum absolute atomic E-state index is 0.0375. The van der Waals surface area contributed by atoms with Gasteiger partial charge >= 0.3 is 12.1 Å². The minimum atomic E-state index is -0.997. The second-order valence-electron chi connectivity index (χ2n) is 7.92. The second-order valence-corrected chi connectivity index (χ2v) is 8.84. The summed E-state index contributed by atoms with van der Waals surface area (Å²) in [7, 11) is 0. The zero-order chi connectivity index (χ0) is 21.1. The summed E-state index contributed by atoms with van der Waals surface area (Å²) in [6, 6.07) is 17.3. The Labute approximate surface area is 183 Å². The van der Waals surface area contributed by atoms with Crippen molar-refractivity contribution in [2.75, 3.05) is 6.61 Å². The van der Waals surface area contributed by atoms with Gasteiger partial charge in [-0.2, -0.15) is 0 Å². The summed E-state index contributed by atoms with van der Waals surface area (Å²) in [5.41, 5.74) is 1.17. The normalized spacial score (nSPS) is 25.2. The van der Waals surface area contributed by atoms with E-state index in [0.717, 1.165) is 28.4 Å². The highest BCUT2D eigenvalue weighted by atomic mass is 79.9. The molecule has 30 heavy (non-hydrogen) atoms. The lowest BCUT2D eigenvalue weighted by atomic mass is 9.80. The first kappa shape index (κ1) is 20.9. The van der Waals surface area contributed by atoms with Crippen LogP contribution in [0.25, 0.3) is 0 Å². The summed E-state index contributed by atoms with van der Waals surface area (Å²) in [5, 5.41) is 9.20. The summed E-state index contributed by atoms with van der Waals surface area (Å²) in [6.07, 6.45) is 2.52. The molecule has 1 N–H and O–H groups in total. The maximum Gasteiger partial charge on any atom is 0.410 e. The molecular weight excluding hydrogens is 450 g/mol. The zero-order valence-corrected chi connectivity index (χ0v) is 18.1. The summed E-state index contributed by atoms with van der Waals surface area (Å²) in [5.74, 6) is -0.997. The molecule has 2 aliphatic rings. The van der Waals surface area contributed by atoms with E-state index < -0.39 is 11.6 Å². The van der Waals surface area contributed by atoms with Gasteiger partial charge in [-0.15, -0.1) is 0 Å². The van der Waals surface area contributed by atoms with Crippen LogP contribution in [0.15, 0.2) is 59.1 Å². The Hall–Kier alpha value is -2.38. The molecule has 2 saturated heterocycles. The third-order valence-electron chi connectivity index (χ3n) is 6.01. The third-order valence-corrected chi connectivity index (χ3v) is 6.54. The molecule has 0 spiro atoms. The molecule has 2 fully saturated rings. The maximum absolute atomic E-state index is 12.9. The van der Waals surface area contributed by atoms with Crippen molar-refractivity contribution in [2.24, 2.45) is 0 Å². The van der Waals surface area contributed by atoms with Gasteiger partial charge in [0.05, 0.1) is 5.60 Å². The van der Waals surface area contributed by atoms with E-state index in [9.17, 15) is 14.7 Å². The number of carboxylic acid groups (broad SMARTS) is 1. The summed E-state index contributed by atoms with van der Waals surface area (Å²) in [4.78, 5) is 25.9. The van der Waals surface area contributed by atoms with Crippen molar-refractivity contribution in [1.29, 1.82) is 0 Å². The van der Waals surface area contributed by atoms with Gasteiger partial charge in [0, 0.05) is 29.4 Å². The highest BCUT2D eigenvalue weighted by Gasteiger charge is 2.52. The van der Waals surface area contributed by atoms with Gasteiger partial charge in [0.15, 0.2) is 0 Å². The number of piperidine rings is 1. The Morgan fingerprint density at radius 1 is 1.03 bits per heavy atom. The molecule has 1 amide bonds. The predicted molar refractivity (Wildman–Crippen MR) is 114 cm³/mol. The molecule has 2 unspecified atom stereocenters. The van der Waals surface area contributed by atoms with Crippen LogP contribution in [-0.2, 0) is 26.5 Å². The molecule has 2 aromatic carbocycles. The predicted octanol–water partition coefficient (Wildman–Crippen LogP) is 4.71. The number of aliphatic carboxylic acids is 1. The van der Waals surface area contributed by atoms with Crippen LogP contribution in [0.5, 0.6) is 0 Å². The van der Waals surface area contributed by atoms with Crippen molar-refractivity contribution in [1.82, 2.24) is 4.90 Å². The second kappa shape index (κ2) is 8.78. The molecule has 7 heteroatoms. The fourth-order valence-electron chi connectivity index (χ4n) is 4.69. The number of hydrogen-bond donors (Lipinski definition) is 1. The molecule has 0 radical (unpaired) electrons. The van der Waals surface area contributed by atoms with Gasteiger partial charge in [-0.05, 0) is 36.1 Å². The van der Waals surface area contributed by atoms with Gasteiger partial charge in [0.2, 0.25) is 0 Å². The van der Waals surface area contributed by atoms with Crippen LogP contribution < -0.4 is 0 Å². The van der Waals surface area contributed by atoms with E-state index in [4.69, 9.17) is 9.47 Å². The lowest BCUT2D eigenvalue weighted by molar-refractivity contribution is -0.157. The van der Waals surface area contributed by atoms with Gasteiger partial charge in [0.25, 0.3) is 0 Å². The average Bonchev–Trinajstić information content (AvgIpc) is 3.03. The number of rotatable bonds is 6. The molecule has 158 valence electrons. The van der Waals surface area contributed by atoms with E-state index >= 15 is 0 Å². The number of benzene rings is 2. The van der Waals surface area contributed by atoms with Crippen LogP contribution in [0.1, 0.15) is 36.8 Å². The molecule has 0 aromatic heterocycles. The fourth-order valence-corrected chi connectivity index (χ4v) is 4.95. The number of carbonyl (C=O) groups excluding carboxylic acids is 1. The smallest absolute Gasteiger partial charge is 0.410 e.